The Morgan fingerprint density at radius 1 is 1.10 bits per heavy atom. The van der Waals surface area contributed by atoms with Crippen molar-refractivity contribution in [1.82, 2.24) is 9.55 Å². The molecule has 5 rings (SSSR count). The maximum atomic E-state index is 13.1. The molecule has 0 atom stereocenters. The van der Waals surface area contributed by atoms with Gasteiger partial charge in [-0.3, -0.25) is 14.2 Å². The summed E-state index contributed by atoms with van der Waals surface area (Å²) in [7, 11) is 0. The van der Waals surface area contributed by atoms with Crippen molar-refractivity contribution in [1.29, 1.82) is 0 Å². The van der Waals surface area contributed by atoms with Crippen molar-refractivity contribution in [2.75, 3.05) is 5.32 Å². The van der Waals surface area contributed by atoms with E-state index >= 15 is 0 Å². The molecular weight excluding hydrogens is 382 g/mol. The summed E-state index contributed by atoms with van der Waals surface area (Å²) in [5.74, 6) is 0.614. The summed E-state index contributed by atoms with van der Waals surface area (Å²) >= 11 is 1.30. The number of rotatable bonds is 3. The second kappa shape index (κ2) is 6.97. The van der Waals surface area contributed by atoms with Crippen LogP contribution in [0.3, 0.4) is 0 Å². The van der Waals surface area contributed by atoms with E-state index in [1.54, 1.807) is 4.57 Å². The highest BCUT2D eigenvalue weighted by molar-refractivity contribution is 7.20. The highest BCUT2D eigenvalue weighted by Gasteiger charge is 2.23. The summed E-state index contributed by atoms with van der Waals surface area (Å²) in [6.07, 6.45) is 1.76. The number of nitrogens with one attached hydrogen (secondary N) is 1. The lowest BCUT2D eigenvalue weighted by Gasteiger charge is -2.11. The predicted molar refractivity (Wildman–Crippen MR) is 117 cm³/mol. The van der Waals surface area contributed by atoms with Gasteiger partial charge >= 0.3 is 0 Å². The smallest absolute Gasteiger partial charge is 0.266 e. The monoisotopic (exact) mass is 401 g/mol. The van der Waals surface area contributed by atoms with Crippen molar-refractivity contribution >= 4 is 33.1 Å². The van der Waals surface area contributed by atoms with Gasteiger partial charge in [-0.25, -0.2) is 4.98 Å². The molecule has 0 radical (unpaired) electrons. The van der Waals surface area contributed by atoms with Gasteiger partial charge in [-0.05, 0) is 30.5 Å². The van der Waals surface area contributed by atoms with E-state index in [-0.39, 0.29) is 11.5 Å². The highest BCUT2D eigenvalue weighted by atomic mass is 32.1. The third kappa shape index (κ3) is 2.96. The molecule has 0 saturated heterocycles. The second-order valence-corrected chi connectivity index (χ2v) is 8.19. The van der Waals surface area contributed by atoms with Crippen molar-refractivity contribution in [2.45, 2.75) is 26.3 Å². The fourth-order valence-corrected chi connectivity index (χ4v) is 5.02. The van der Waals surface area contributed by atoms with Crippen LogP contribution in [0.5, 0.6) is 0 Å². The zero-order valence-electron chi connectivity index (χ0n) is 15.9. The van der Waals surface area contributed by atoms with E-state index < -0.39 is 0 Å². The standard InChI is InChI=1S/C23H19N3O2S/c1-14-19-22(25-18-12-7-13-26(18)23(19)28)29-20(14)21(27)24-17-11-6-5-10-16(17)15-8-3-2-4-9-15/h2-6,8-11H,7,12-13H2,1H3,(H,24,27). The molecule has 0 unspecified atom stereocenters. The molecule has 1 N–H and O–H groups in total. The van der Waals surface area contributed by atoms with Crippen molar-refractivity contribution in [3.05, 3.63) is 81.2 Å². The van der Waals surface area contributed by atoms with Crippen LogP contribution in [0.15, 0.2) is 59.4 Å². The average Bonchev–Trinajstić information content (AvgIpc) is 3.34. The summed E-state index contributed by atoms with van der Waals surface area (Å²) in [5.41, 5.74) is 3.41. The number of para-hydroxylation sites is 1. The maximum Gasteiger partial charge on any atom is 0.266 e. The van der Waals surface area contributed by atoms with E-state index in [2.05, 4.69) is 10.3 Å². The summed E-state index contributed by atoms with van der Waals surface area (Å²) in [5, 5.41) is 3.61. The van der Waals surface area contributed by atoms with Crippen molar-refractivity contribution in [2.24, 2.45) is 0 Å². The van der Waals surface area contributed by atoms with Crippen LogP contribution >= 0.6 is 11.3 Å². The first-order valence-corrected chi connectivity index (χ1v) is 10.4. The lowest BCUT2D eigenvalue weighted by atomic mass is 10.0. The number of aryl methyl sites for hydroxylation is 2. The molecular formula is C23H19N3O2S. The molecule has 29 heavy (non-hydrogen) atoms. The van der Waals surface area contributed by atoms with Crippen LogP contribution in [0.25, 0.3) is 21.3 Å². The molecule has 6 heteroatoms. The number of hydrogen-bond acceptors (Lipinski definition) is 4. The van der Waals surface area contributed by atoms with E-state index in [4.69, 9.17) is 0 Å². The van der Waals surface area contributed by atoms with Crippen LogP contribution in [0.2, 0.25) is 0 Å². The van der Waals surface area contributed by atoms with E-state index in [0.717, 1.165) is 35.5 Å². The lowest BCUT2D eigenvalue weighted by Crippen LogP contribution is -2.20. The molecule has 2 aromatic carbocycles. The molecule has 0 fully saturated rings. The first-order valence-electron chi connectivity index (χ1n) is 9.62. The Hall–Kier alpha value is -3.25. The Morgan fingerprint density at radius 2 is 1.86 bits per heavy atom. The van der Waals surface area contributed by atoms with E-state index in [9.17, 15) is 9.59 Å². The molecule has 0 aliphatic carbocycles. The van der Waals surface area contributed by atoms with Gasteiger partial charge in [0.2, 0.25) is 0 Å². The number of amides is 1. The molecule has 1 amide bonds. The number of carbonyl (C=O) groups is 1. The van der Waals surface area contributed by atoms with Crippen LogP contribution in [0.4, 0.5) is 5.69 Å². The number of thiophene rings is 1. The predicted octanol–water partition coefficient (Wildman–Crippen LogP) is 4.63. The Bertz CT molecular complexity index is 1310. The van der Waals surface area contributed by atoms with E-state index in [1.807, 2.05) is 61.5 Å². The number of nitrogens with zero attached hydrogens (tertiary/aromatic N) is 2. The van der Waals surface area contributed by atoms with Crippen molar-refractivity contribution < 1.29 is 4.79 Å². The van der Waals surface area contributed by atoms with Crippen LogP contribution in [0, 0.1) is 6.92 Å². The number of fused-ring (bicyclic) bond motifs is 2. The number of carbonyl (C=O) groups excluding carboxylic acids is 1. The Labute approximate surface area is 171 Å². The number of aromatic nitrogens is 2. The Morgan fingerprint density at radius 3 is 2.69 bits per heavy atom. The molecule has 4 aromatic rings. The fourth-order valence-electron chi connectivity index (χ4n) is 3.93. The average molecular weight is 401 g/mol. The Balaban J connectivity index is 1.55. The number of benzene rings is 2. The quantitative estimate of drug-likeness (QED) is 0.544. The molecule has 2 aromatic heterocycles. The van der Waals surface area contributed by atoms with Crippen molar-refractivity contribution in [3.63, 3.8) is 0 Å². The van der Waals surface area contributed by atoms with Gasteiger partial charge in [0.1, 0.15) is 10.7 Å². The second-order valence-electron chi connectivity index (χ2n) is 7.19. The van der Waals surface area contributed by atoms with Gasteiger partial charge in [0, 0.05) is 24.2 Å². The minimum Gasteiger partial charge on any atom is -0.321 e. The maximum absolute atomic E-state index is 13.1. The van der Waals surface area contributed by atoms with Gasteiger partial charge in [-0.2, -0.15) is 0 Å². The zero-order valence-corrected chi connectivity index (χ0v) is 16.8. The molecule has 3 heterocycles. The Kier molecular flexibility index (Phi) is 4.28. The normalized spacial score (nSPS) is 12.9. The van der Waals surface area contributed by atoms with Gasteiger partial charge in [0.05, 0.1) is 10.3 Å². The van der Waals surface area contributed by atoms with Gasteiger partial charge < -0.3 is 5.32 Å². The van der Waals surface area contributed by atoms with Crippen LogP contribution in [0.1, 0.15) is 27.5 Å². The van der Waals surface area contributed by atoms with Crippen LogP contribution in [-0.2, 0) is 13.0 Å². The van der Waals surface area contributed by atoms with E-state index in [0.29, 0.717) is 27.2 Å². The lowest BCUT2D eigenvalue weighted by molar-refractivity contribution is 0.103. The zero-order chi connectivity index (χ0) is 20.0. The van der Waals surface area contributed by atoms with Crippen LogP contribution in [-0.4, -0.2) is 15.5 Å². The third-order valence-electron chi connectivity index (χ3n) is 5.38. The fraction of sp³-hybridized carbons (Fsp3) is 0.174. The highest BCUT2D eigenvalue weighted by Crippen LogP contribution is 2.31. The number of anilines is 1. The molecule has 0 bridgehead atoms. The SMILES string of the molecule is Cc1c(C(=O)Nc2ccccc2-c2ccccc2)sc2nc3n(c(=O)c12)CCC3. The number of hydrogen-bond donors (Lipinski definition) is 1. The minimum absolute atomic E-state index is 0.0278. The first kappa shape index (κ1) is 17.8. The first-order chi connectivity index (χ1) is 14.1. The topological polar surface area (TPSA) is 64.0 Å². The summed E-state index contributed by atoms with van der Waals surface area (Å²) in [6.45, 7) is 2.54. The van der Waals surface area contributed by atoms with Crippen LogP contribution < -0.4 is 10.9 Å². The molecule has 0 spiro atoms. The molecule has 1 aliphatic heterocycles. The molecule has 144 valence electrons. The minimum atomic E-state index is -0.210. The van der Waals surface area contributed by atoms with E-state index in [1.165, 1.54) is 11.3 Å². The summed E-state index contributed by atoms with van der Waals surface area (Å²) < 4.78 is 1.74. The molecule has 1 aliphatic rings. The van der Waals surface area contributed by atoms with Crippen molar-refractivity contribution in [3.8, 4) is 11.1 Å². The summed E-state index contributed by atoms with van der Waals surface area (Å²) in [4.78, 5) is 31.8. The molecule has 0 saturated carbocycles. The largest absolute Gasteiger partial charge is 0.321 e. The molecule has 5 nitrogen and oxygen atoms in total. The van der Waals surface area contributed by atoms with Gasteiger partial charge in [0.15, 0.2) is 0 Å². The third-order valence-corrected chi connectivity index (χ3v) is 6.56. The summed E-state index contributed by atoms with van der Waals surface area (Å²) in [6, 6.07) is 17.7. The van der Waals surface area contributed by atoms with Gasteiger partial charge in [-0.15, -0.1) is 11.3 Å². The van der Waals surface area contributed by atoms with Gasteiger partial charge in [-0.1, -0.05) is 48.5 Å². The van der Waals surface area contributed by atoms with Gasteiger partial charge in [0.25, 0.3) is 11.5 Å².